The van der Waals surface area contributed by atoms with Gasteiger partial charge < -0.3 is 10.3 Å². The molecule has 1 aromatic carbocycles. The van der Waals surface area contributed by atoms with Crippen LogP contribution < -0.4 is 11.3 Å². The Morgan fingerprint density at radius 3 is 2.42 bits per heavy atom. The number of aromatic nitrogens is 1. The summed E-state index contributed by atoms with van der Waals surface area (Å²) in [5.41, 5.74) is 9.49. The van der Waals surface area contributed by atoms with Gasteiger partial charge in [-0.2, -0.15) is 0 Å². The van der Waals surface area contributed by atoms with Crippen LogP contribution in [0.3, 0.4) is 0 Å². The van der Waals surface area contributed by atoms with Crippen molar-refractivity contribution in [3.63, 3.8) is 0 Å². The van der Waals surface area contributed by atoms with Crippen LogP contribution in [-0.2, 0) is 13.0 Å². The summed E-state index contributed by atoms with van der Waals surface area (Å²) >= 11 is 0. The van der Waals surface area contributed by atoms with Gasteiger partial charge in [-0.15, -0.1) is 0 Å². The number of hydrogen-bond acceptors (Lipinski definition) is 2. The van der Waals surface area contributed by atoms with Gasteiger partial charge in [-0.25, -0.2) is 0 Å². The molecular weight excluding hydrogens is 236 g/mol. The largest absolute Gasteiger partial charge is 0.322 e. The van der Waals surface area contributed by atoms with E-state index in [0.29, 0.717) is 6.54 Å². The molecule has 0 saturated carbocycles. The Labute approximate surface area is 113 Å². The van der Waals surface area contributed by atoms with Crippen LogP contribution in [0.2, 0.25) is 0 Å². The highest BCUT2D eigenvalue weighted by molar-refractivity contribution is 5.25. The third-order valence-electron chi connectivity index (χ3n) is 3.46. The standard InChI is InChI=1S/C16H20N2O/c1-3-13-7-9-14(10-8-13)15(17)11-18-12(2)5-4-6-16(18)19/h4-10,15H,3,11,17H2,1-2H3. The van der Waals surface area contributed by atoms with Gasteiger partial charge in [0.05, 0.1) is 0 Å². The highest BCUT2D eigenvalue weighted by atomic mass is 16.1. The number of nitrogens with zero attached hydrogens (tertiary/aromatic N) is 1. The van der Waals surface area contributed by atoms with Gasteiger partial charge in [0.2, 0.25) is 0 Å². The van der Waals surface area contributed by atoms with Gasteiger partial charge in [0.15, 0.2) is 0 Å². The van der Waals surface area contributed by atoms with Gasteiger partial charge in [-0.1, -0.05) is 37.3 Å². The third kappa shape index (κ3) is 3.12. The molecule has 2 rings (SSSR count). The minimum absolute atomic E-state index is 0.000582. The van der Waals surface area contributed by atoms with Crippen molar-refractivity contribution in [2.24, 2.45) is 5.73 Å². The molecule has 0 saturated heterocycles. The molecule has 19 heavy (non-hydrogen) atoms. The van der Waals surface area contributed by atoms with Crippen LogP contribution >= 0.6 is 0 Å². The fourth-order valence-corrected chi connectivity index (χ4v) is 2.16. The number of nitrogens with two attached hydrogens (primary N) is 1. The number of aryl methyl sites for hydroxylation is 2. The van der Waals surface area contributed by atoms with Crippen LogP contribution in [0.1, 0.15) is 29.8 Å². The Morgan fingerprint density at radius 2 is 1.84 bits per heavy atom. The Kier molecular flexibility index (Phi) is 4.17. The molecule has 2 aromatic rings. The summed E-state index contributed by atoms with van der Waals surface area (Å²) in [5.74, 6) is 0. The van der Waals surface area contributed by atoms with Crippen molar-refractivity contribution < 1.29 is 0 Å². The van der Waals surface area contributed by atoms with Crippen molar-refractivity contribution in [2.75, 3.05) is 0 Å². The molecule has 1 heterocycles. The second kappa shape index (κ2) is 5.85. The summed E-state index contributed by atoms with van der Waals surface area (Å²) in [6.07, 6.45) is 1.02. The van der Waals surface area contributed by atoms with Gasteiger partial charge in [0.25, 0.3) is 5.56 Å². The molecule has 0 radical (unpaired) electrons. The maximum absolute atomic E-state index is 11.8. The smallest absolute Gasteiger partial charge is 0.250 e. The molecule has 1 atom stereocenters. The van der Waals surface area contributed by atoms with Gasteiger partial charge in [-0.3, -0.25) is 4.79 Å². The van der Waals surface area contributed by atoms with Crippen LogP contribution in [0.5, 0.6) is 0 Å². The lowest BCUT2D eigenvalue weighted by Crippen LogP contribution is -2.27. The molecular formula is C16H20N2O. The Balaban J connectivity index is 2.20. The lowest BCUT2D eigenvalue weighted by molar-refractivity contribution is 0.550. The summed E-state index contributed by atoms with van der Waals surface area (Å²) < 4.78 is 1.72. The monoisotopic (exact) mass is 256 g/mol. The van der Waals surface area contributed by atoms with E-state index in [2.05, 4.69) is 19.1 Å². The highest BCUT2D eigenvalue weighted by Gasteiger charge is 2.09. The summed E-state index contributed by atoms with van der Waals surface area (Å²) in [6.45, 7) is 4.56. The summed E-state index contributed by atoms with van der Waals surface area (Å²) in [7, 11) is 0. The third-order valence-corrected chi connectivity index (χ3v) is 3.46. The first-order valence-electron chi connectivity index (χ1n) is 6.62. The first-order valence-corrected chi connectivity index (χ1v) is 6.62. The lowest BCUT2D eigenvalue weighted by Gasteiger charge is -2.16. The fraction of sp³-hybridized carbons (Fsp3) is 0.312. The number of hydrogen-bond donors (Lipinski definition) is 1. The molecule has 1 unspecified atom stereocenters. The van der Waals surface area contributed by atoms with E-state index < -0.39 is 0 Å². The van der Waals surface area contributed by atoms with Crippen LogP contribution in [0.15, 0.2) is 47.3 Å². The summed E-state index contributed by atoms with van der Waals surface area (Å²) in [5, 5.41) is 0. The SMILES string of the molecule is CCc1ccc(C(N)Cn2c(C)cccc2=O)cc1. The van der Waals surface area contributed by atoms with E-state index in [1.165, 1.54) is 5.56 Å². The van der Waals surface area contributed by atoms with E-state index in [-0.39, 0.29) is 11.6 Å². The van der Waals surface area contributed by atoms with E-state index >= 15 is 0 Å². The minimum Gasteiger partial charge on any atom is -0.322 e. The zero-order valence-corrected chi connectivity index (χ0v) is 11.5. The minimum atomic E-state index is -0.162. The van der Waals surface area contributed by atoms with Crippen LogP contribution in [-0.4, -0.2) is 4.57 Å². The first-order chi connectivity index (χ1) is 9.11. The Bertz CT molecular complexity index is 599. The van der Waals surface area contributed by atoms with Crippen LogP contribution in [0, 0.1) is 6.92 Å². The molecule has 0 aliphatic heterocycles. The fourth-order valence-electron chi connectivity index (χ4n) is 2.16. The normalized spacial score (nSPS) is 12.4. The van der Waals surface area contributed by atoms with E-state index in [0.717, 1.165) is 17.7 Å². The molecule has 0 aliphatic carbocycles. The molecule has 0 fully saturated rings. The average Bonchev–Trinajstić information content (AvgIpc) is 2.43. The van der Waals surface area contributed by atoms with E-state index in [9.17, 15) is 4.79 Å². The zero-order valence-electron chi connectivity index (χ0n) is 11.5. The molecule has 0 bridgehead atoms. The molecule has 2 N–H and O–H groups in total. The molecule has 3 nitrogen and oxygen atoms in total. The lowest BCUT2D eigenvalue weighted by atomic mass is 10.0. The molecule has 0 amide bonds. The van der Waals surface area contributed by atoms with Crippen molar-refractivity contribution >= 4 is 0 Å². The predicted octanol–water partition coefficient (Wildman–Crippen LogP) is 2.42. The highest BCUT2D eigenvalue weighted by Crippen LogP contribution is 2.14. The van der Waals surface area contributed by atoms with E-state index in [1.807, 2.05) is 25.1 Å². The van der Waals surface area contributed by atoms with Crippen LogP contribution in [0.4, 0.5) is 0 Å². The van der Waals surface area contributed by atoms with Crippen LogP contribution in [0.25, 0.3) is 0 Å². The van der Waals surface area contributed by atoms with E-state index in [4.69, 9.17) is 5.73 Å². The second-order valence-electron chi connectivity index (χ2n) is 4.82. The zero-order chi connectivity index (χ0) is 13.8. The number of pyridine rings is 1. The maximum Gasteiger partial charge on any atom is 0.250 e. The first kappa shape index (κ1) is 13.6. The van der Waals surface area contributed by atoms with Gasteiger partial charge >= 0.3 is 0 Å². The van der Waals surface area contributed by atoms with Crippen molar-refractivity contribution in [2.45, 2.75) is 32.9 Å². The average molecular weight is 256 g/mol. The molecule has 0 aliphatic rings. The predicted molar refractivity (Wildman–Crippen MR) is 78.2 cm³/mol. The maximum atomic E-state index is 11.8. The Hall–Kier alpha value is -1.87. The summed E-state index contributed by atoms with van der Waals surface area (Å²) in [6, 6.07) is 13.4. The molecule has 100 valence electrons. The number of rotatable bonds is 4. The van der Waals surface area contributed by atoms with Gasteiger partial charge in [-0.05, 0) is 30.5 Å². The van der Waals surface area contributed by atoms with Crippen molar-refractivity contribution in [1.29, 1.82) is 0 Å². The quantitative estimate of drug-likeness (QED) is 0.913. The Morgan fingerprint density at radius 1 is 1.16 bits per heavy atom. The van der Waals surface area contributed by atoms with Crippen molar-refractivity contribution in [3.8, 4) is 0 Å². The summed E-state index contributed by atoms with van der Waals surface area (Å²) in [4.78, 5) is 11.8. The molecule has 0 spiro atoms. The van der Waals surface area contributed by atoms with Gasteiger partial charge in [0.1, 0.15) is 0 Å². The molecule has 3 heteroatoms. The van der Waals surface area contributed by atoms with E-state index in [1.54, 1.807) is 16.7 Å². The van der Waals surface area contributed by atoms with Crippen molar-refractivity contribution in [1.82, 2.24) is 4.57 Å². The topological polar surface area (TPSA) is 48.0 Å². The van der Waals surface area contributed by atoms with Crippen molar-refractivity contribution in [3.05, 3.63) is 69.6 Å². The number of benzene rings is 1. The second-order valence-corrected chi connectivity index (χ2v) is 4.82. The van der Waals surface area contributed by atoms with Gasteiger partial charge in [0, 0.05) is 24.3 Å². The molecule has 1 aromatic heterocycles.